The number of thiophene rings is 1. The maximum atomic E-state index is 13.9. The third-order valence-corrected chi connectivity index (χ3v) is 11.8. The van der Waals surface area contributed by atoms with E-state index in [0.29, 0.717) is 30.3 Å². The number of carbonyl (C=O) groups excluding carboxylic acids is 4. The number of aromatic amines is 2. The fourth-order valence-corrected chi connectivity index (χ4v) is 8.63. The summed E-state index contributed by atoms with van der Waals surface area (Å²) in [4.78, 5) is 72.1. The van der Waals surface area contributed by atoms with Crippen LogP contribution < -0.4 is 10.6 Å². The minimum Gasteiger partial charge on any atom is -0.455 e. The van der Waals surface area contributed by atoms with Crippen LogP contribution in [0.25, 0.3) is 43.4 Å². The number of hydrogen-bond acceptors (Lipinski definition) is 10. The average molecular weight is 817 g/mol. The van der Waals surface area contributed by atoms with Gasteiger partial charge in [0.1, 0.15) is 41.1 Å². The number of H-pyrrole nitrogens is 2. The zero-order chi connectivity index (χ0) is 41.2. The van der Waals surface area contributed by atoms with Crippen molar-refractivity contribution in [3.8, 4) is 33.2 Å². The molecule has 4 atom stereocenters. The van der Waals surface area contributed by atoms with Crippen LogP contribution in [0, 0.1) is 5.92 Å². The molecule has 0 unspecified atom stereocenters. The number of methoxy groups -OCH3 is 2. The van der Waals surface area contributed by atoms with Crippen LogP contribution in [0.15, 0.2) is 95.7 Å². The Morgan fingerprint density at radius 2 is 1.54 bits per heavy atom. The molecule has 16 heteroatoms. The highest BCUT2D eigenvalue weighted by atomic mass is 32.1. The number of nitrogens with one attached hydrogen (secondary N) is 4. The number of fused-ring (bicyclic) bond motifs is 1. The number of likely N-dealkylation sites (tertiary alicyclic amines) is 1. The molecule has 2 aromatic carbocycles. The molecule has 8 rings (SSSR count). The van der Waals surface area contributed by atoms with E-state index in [-0.39, 0.29) is 23.8 Å². The van der Waals surface area contributed by atoms with E-state index in [1.807, 2.05) is 92.7 Å². The second kappa shape index (κ2) is 16.7. The molecule has 59 heavy (non-hydrogen) atoms. The van der Waals surface area contributed by atoms with Crippen molar-refractivity contribution in [1.82, 2.24) is 40.4 Å². The third-order valence-electron chi connectivity index (χ3n) is 10.7. The molecule has 1 fully saturated rings. The summed E-state index contributed by atoms with van der Waals surface area (Å²) in [6.45, 7) is 4.70. The number of benzene rings is 2. The van der Waals surface area contributed by atoms with Gasteiger partial charge >= 0.3 is 12.2 Å². The molecule has 1 saturated heterocycles. The molecule has 0 bridgehead atoms. The molecule has 304 valence electrons. The van der Waals surface area contributed by atoms with Gasteiger partial charge < -0.3 is 44.3 Å². The van der Waals surface area contributed by atoms with Gasteiger partial charge in [-0.15, -0.1) is 11.3 Å². The van der Waals surface area contributed by atoms with E-state index < -0.39 is 30.3 Å². The Bertz CT molecular complexity index is 2470. The Labute approximate surface area is 343 Å². The number of amides is 4. The van der Waals surface area contributed by atoms with E-state index >= 15 is 0 Å². The van der Waals surface area contributed by atoms with E-state index in [0.717, 1.165) is 56.3 Å². The summed E-state index contributed by atoms with van der Waals surface area (Å²) in [6.07, 6.45) is 7.61. The number of aromatic nitrogens is 4. The molecule has 2 aliphatic heterocycles. The van der Waals surface area contributed by atoms with Gasteiger partial charge in [-0.3, -0.25) is 9.59 Å². The van der Waals surface area contributed by atoms with Crippen LogP contribution in [0.5, 0.6) is 0 Å². The van der Waals surface area contributed by atoms with Crippen LogP contribution >= 0.6 is 11.3 Å². The summed E-state index contributed by atoms with van der Waals surface area (Å²) in [5.41, 5.74) is 4.88. The van der Waals surface area contributed by atoms with Crippen molar-refractivity contribution < 1.29 is 33.1 Å². The Morgan fingerprint density at radius 1 is 0.847 bits per heavy atom. The monoisotopic (exact) mass is 816 g/mol. The van der Waals surface area contributed by atoms with Crippen molar-refractivity contribution in [2.24, 2.45) is 5.92 Å². The lowest BCUT2D eigenvalue weighted by Gasteiger charge is -2.29. The van der Waals surface area contributed by atoms with Gasteiger partial charge in [0.05, 0.1) is 53.6 Å². The van der Waals surface area contributed by atoms with Gasteiger partial charge in [-0.1, -0.05) is 80.6 Å². The molecule has 2 aliphatic rings. The van der Waals surface area contributed by atoms with E-state index in [9.17, 15) is 19.2 Å². The fraction of sp³-hybridized carbons (Fsp3) is 0.302. The first-order valence-electron chi connectivity index (χ1n) is 19.4. The number of alkyl carbamates (subject to hydrolysis) is 2. The van der Waals surface area contributed by atoms with E-state index in [4.69, 9.17) is 18.9 Å². The lowest BCUT2D eigenvalue weighted by atomic mass is 10.0. The third kappa shape index (κ3) is 7.95. The molecule has 6 aromatic rings. The van der Waals surface area contributed by atoms with Crippen LogP contribution in [0.4, 0.5) is 9.59 Å². The van der Waals surface area contributed by atoms with E-state index in [1.54, 1.807) is 33.5 Å². The van der Waals surface area contributed by atoms with E-state index in [2.05, 4.69) is 25.6 Å². The molecule has 6 heterocycles. The predicted molar refractivity (Wildman–Crippen MR) is 221 cm³/mol. The van der Waals surface area contributed by atoms with Crippen LogP contribution in [-0.4, -0.2) is 87.1 Å². The van der Waals surface area contributed by atoms with Gasteiger partial charge in [-0.25, -0.2) is 19.6 Å². The quantitative estimate of drug-likeness (QED) is 0.0960. The smallest absolute Gasteiger partial charge is 0.407 e. The van der Waals surface area contributed by atoms with Crippen LogP contribution in [0.2, 0.25) is 0 Å². The SMILES string of the molecule is COC(=O)N[C@H](C(=O)N1CC=C[C@H]1c1ncc(-c2ccc(-c3cc4sc(-c5cnc([C@@H]6CCCN6C(=O)[C@H](NC(=O)OC)c6ccccc6)[nH]5)cc4o3)cc2)[nH]1)C(C)C. The first-order valence-corrected chi connectivity index (χ1v) is 20.2. The zero-order valence-electron chi connectivity index (χ0n) is 32.9. The summed E-state index contributed by atoms with van der Waals surface area (Å²) in [6, 6.07) is 18.8. The molecule has 0 aliphatic carbocycles. The number of hydrogen-bond donors (Lipinski definition) is 4. The van der Waals surface area contributed by atoms with Crippen molar-refractivity contribution in [2.75, 3.05) is 27.3 Å². The summed E-state index contributed by atoms with van der Waals surface area (Å²) in [5.74, 6) is 1.47. The van der Waals surface area contributed by atoms with E-state index in [1.165, 1.54) is 14.2 Å². The number of rotatable bonds is 11. The van der Waals surface area contributed by atoms with Gasteiger partial charge in [-0.05, 0) is 29.9 Å². The normalized spacial score (nSPS) is 17.4. The summed E-state index contributed by atoms with van der Waals surface area (Å²) >= 11 is 1.58. The average Bonchev–Trinajstić information content (AvgIpc) is 4.10. The minimum absolute atomic E-state index is 0.141. The number of carbonyl (C=O) groups is 4. The maximum Gasteiger partial charge on any atom is 0.407 e. The molecule has 0 saturated carbocycles. The first kappa shape index (κ1) is 39.2. The summed E-state index contributed by atoms with van der Waals surface area (Å²) < 4.78 is 16.9. The number of ether oxygens (including phenoxy) is 2. The summed E-state index contributed by atoms with van der Waals surface area (Å²) in [7, 11) is 2.55. The van der Waals surface area contributed by atoms with Crippen molar-refractivity contribution in [1.29, 1.82) is 0 Å². The highest BCUT2D eigenvalue weighted by molar-refractivity contribution is 7.22. The highest BCUT2D eigenvalue weighted by Crippen LogP contribution is 2.40. The summed E-state index contributed by atoms with van der Waals surface area (Å²) in [5, 5.41) is 5.37. The largest absolute Gasteiger partial charge is 0.455 e. The van der Waals surface area contributed by atoms with Crippen LogP contribution in [0.1, 0.15) is 62.0 Å². The molecule has 0 spiro atoms. The molecule has 0 radical (unpaired) electrons. The molecule has 4 amide bonds. The van der Waals surface area contributed by atoms with Crippen molar-refractivity contribution >= 4 is 45.6 Å². The topological polar surface area (TPSA) is 188 Å². The molecular formula is C43H44N8O7S. The lowest BCUT2D eigenvalue weighted by Crippen LogP contribution is -2.51. The second-order valence-electron chi connectivity index (χ2n) is 14.8. The lowest BCUT2D eigenvalue weighted by molar-refractivity contribution is -0.135. The molecule has 4 aromatic heterocycles. The zero-order valence-corrected chi connectivity index (χ0v) is 33.7. The molecular weight excluding hydrogens is 773 g/mol. The Hall–Kier alpha value is -6.68. The van der Waals surface area contributed by atoms with Crippen LogP contribution in [-0.2, 0) is 19.1 Å². The van der Waals surface area contributed by atoms with Crippen LogP contribution in [0.3, 0.4) is 0 Å². The first-order chi connectivity index (χ1) is 28.6. The molecule has 4 N–H and O–H groups in total. The Kier molecular flexibility index (Phi) is 11.1. The van der Waals surface area contributed by atoms with Crippen molar-refractivity contribution in [2.45, 2.75) is 50.9 Å². The van der Waals surface area contributed by atoms with Crippen molar-refractivity contribution in [3.63, 3.8) is 0 Å². The van der Waals surface area contributed by atoms with Gasteiger partial charge in [-0.2, -0.15) is 0 Å². The number of nitrogens with zero attached hydrogens (tertiary/aromatic N) is 4. The van der Waals surface area contributed by atoms with Gasteiger partial charge in [0, 0.05) is 30.8 Å². The van der Waals surface area contributed by atoms with Crippen molar-refractivity contribution in [3.05, 3.63) is 108 Å². The van der Waals surface area contributed by atoms with Gasteiger partial charge in [0.25, 0.3) is 5.91 Å². The Morgan fingerprint density at radius 3 is 2.27 bits per heavy atom. The standard InChI is InChI=1S/C43H44N8O7S/c1-24(2)36(48-42(54)56-3)40(52)50-18-8-12-30(50)38-44-22-28(46-38)25-14-16-26(17-15-25)32-20-35-33(58-32)21-34(59-35)29-23-45-39(47-29)31-13-9-19-51(31)41(53)37(49-43(55)57-4)27-10-6-5-7-11-27/h5-8,10-12,14-17,20-24,30-31,36-37H,9,13,18-19H2,1-4H3,(H,44,46)(H,45,47)(H,48,54)(H,49,55)/t30-,31-,36-,37+/m0/s1. The maximum absolute atomic E-state index is 13.9. The number of furan rings is 1. The van der Waals surface area contributed by atoms with Gasteiger partial charge in [0.2, 0.25) is 5.91 Å². The second-order valence-corrected chi connectivity index (χ2v) is 15.9. The van der Waals surface area contributed by atoms with Gasteiger partial charge in [0.15, 0.2) is 0 Å². The highest BCUT2D eigenvalue weighted by Gasteiger charge is 2.38. The molecule has 15 nitrogen and oxygen atoms in total. The minimum atomic E-state index is -0.890. The number of imidazole rings is 2. The fourth-order valence-electron chi connectivity index (χ4n) is 7.64. The predicted octanol–water partition coefficient (Wildman–Crippen LogP) is 7.52. The Balaban J connectivity index is 0.938.